The van der Waals surface area contributed by atoms with E-state index >= 15 is 0 Å². The summed E-state index contributed by atoms with van der Waals surface area (Å²) < 4.78 is 11.4. The zero-order chi connectivity index (χ0) is 15.9. The fourth-order valence-corrected chi connectivity index (χ4v) is 2.84. The largest absolute Gasteiger partial charge is 0.496 e. The Bertz CT molecular complexity index is 429. The number of hydrogen-bond donors (Lipinski definition) is 1. The first-order chi connectivity index (χ1) is 9.88. The van der Waals surface area contributed by atoms with Crippen molar-refractivity contribution in [3.05, 3.63) is 28.2 Å². The van der Waals surface area contributed by atoms with Gasteiger partial charge in [0.05, 0.1) is 18.2 Å². The molecule has 0 amide bonds. The third-order valence-corrected chi connectivity index (χ3v) is 4.42. The molecule has 0 saturated carbocycles. The second-order valence-electron chi connectivity index (χ2n) is 6.43. The number of rotatable bonds is 8. The smallest absolute Gasteiger partial charge is 0.133 e. The molecule has 1 unspecified atom stereocenters. The van der Waals surface area contributed by atoms with E-state index in [0.717, 1.165) is 36.3 Å². The molecule has 0 saturated heterocycles. The first kappa shape index (κ1) is 18.5. The second kappa shape index (κ2) is 8.76. The van der Waals surface area contributed by atoms with Gasteiger partial charge in [-0.15, -0.1) is 0 Å². The van der Waals surface area contributed by atoms with Gasteiger partial charge in [-0.25, -0.2) is 0 Å². The van der Waals surface area contributed by atoms with E-state index in [4.69, 9.17) is 9.47 Å². The van der Waals surface area contributed by atoms with Crippen molar-refractivity contribution in [2.24, 2.45) is 11.3 Å². The van der Waals surface area contributed by atoms with Gasteiger partial charge in [-0.2, -0.15) is 0 Å². The Morgan fingerprint density at radius 2 is 1.95 bits per heavy atom. The molecule has 1 rings (SSSR count). The quantitative estimate of drug-likeness (QED) is 0.715. The minimum absolute atomic E-state index is 0.256. The highest BCUT2D eigenvalue weighted by Crippen LogP contribution is 2.31. The van der Waals surface area contributed by atoms with Crippen LogP contribution in [0.15, 0.2) is 22.7 Å². The molecule has 0 bridgehead atoms. The monoisotopic (exact) mass is 357 g/mol. The molecule has 3 nitrogen and oxygen atoms in total. The minimum Gasteiger partial charge on any atom is -0.496 e. The summed E-state index contributed by atoms with van der Waals surface area (Å²) in [6.07, 6.45) is 1.05. The van der Waals surface area contributed by atoms with Crippen molar-refractivity contribution in [1.82, 2.24) is 5.32 Å². The van der Waals surface area contributed by atoms with Gasteiger partial charge in [-0.3, -0.25) is 0 Å². The van der Waals surface area contributed by atoms with E-state index in [1.54, 1.807) is 14.2 Å². The molecule has 0 spiro atoms. The minimum atomic E-state index is 0.256. The van der Waals surface area contributed by atoms with Crippen molar-refractivity contribution in [2.75, 3.05) is 33.9 Å². The standard InChI is InChI=1S/C17H28BrNO2/c1-17(2,3)14(12-19-8-9-20-4)10-13-6-7-16(21-5)15(18)11-13/h6-7,11,14,19H,8-10,12H2,1-5H3. The van der Waals surface area contributed by atoms with E-state index < -0.39 is 0 Å². The lowest BCUT2D eigenvalue weighted by atomic mass is 9.77. The van der Waals surface area contributed by atoms with E-state index in [1.807, 2.05) is 6.07 Å². The van der Waals surface area contributed by atoms with Gasteiger partial charge in [0.2, 0.25) is 0 Å². The molecule has 1 aromatic carbocycles. The second-order valence-corrected chi connectivity index (χ2v) is 7.29. The summed E-state index contributed by atoms with van der Waals surface area (Å²) in [5.74, 6) is 1.44. The summed E-state index contributed by atoms with van der Waals surface area (Å²) in [4.78, 5) is 0. The predicted octanol–water partition coefficient (Wildman–Crippen LogP) is 3.90. The molecule has 1 N–H and O–H groups in total. The summed E-state index contributed by atoms with van der Waals surface area (Å²) in [7, 11) is 3.43. The summed E-state index contributed by atoms with van der Waals surface area (Å²) in [6, 6.07) is 6.34. The lowest BCUT2D eigenvalue weighted by molar-refractivity contribution is 0.186. The molecule has 4 heteroatoms. The lowest BCUT2D eigenvalue weighted by Crippen LogP contribution is -2.34. The maximum atomic E-state index is 5.29. The van der Waals surface area contributed by atoms with Gasteiger partial charge in [0.1, 0.15) is 5.75 Å². The number of benzene rings is 1. The van der Waals surface area contributed by atoms with Crippen molar-refractivity contribution in [2.45, 2.75) is 27.2 Å². The van der Waals surface area contributed by atoms with E-state index in [9.17, 15) is 0 Å². The Morgan fingerprint density at radius 3 is 2.48 bits per heavy atom. The Labute approximate surface area is 137 Å². The van der Waals surface area contributed by atoms with Crippen LogP contribution in [-0.2, 0) is 11.2 Å². The van der Waals surface area contributed by atoms with E-state index in [2.05, 4.69) is 54.2 Å². The van der Waals surface area contributed by atoms with Gasteiger partial charge in [0.15, 0.2) is 0 Å². The first-order valence-corrected chi connectivity index (χ1v) is 8.20. The van der Waals surface area contributed by atoms with Crippen LogP contribution in [0.25, 0.3) is 0 Å². The van der Waals surface area contributed by atoms with Crippen molar-refractivity contribution in [1.29, 1.82) is 0 Å². The van der Waals surface area contributed by atoms with Gasteiger partial charge in [0, 0.05) is 13.7 Å². The predicted molar refractivity (Wildman–Crippen MR) is 92.1 cm³/mol. The molecule has 0 fully saturated rings. The SMILES string of the molecule is COCCNCC(Cc1ccc(OC)c(Br)c1)C(C)(C)C. The topological polar surface area (TPSA) is 30.5 Å². The Kier molecular flexibility index (Phi) is 7.71. The number of nitrogens with one attached hydrogen (secondary N) is 1. The molecule has 120 valence electrons. The maximum Gasteiger partial charge on any atom is 0.133 e. The van der Waals surface area contributed by atoms with Crippen molar-refractivity contribution < 1.29 is 9.47 Å². The number of halogens is 1. The third-order valence-electron chi connectivity index (χ3n) is 3.80. The van der Waals surface area contributed by atoms with Crippen LogP contribution in [-0.4, -0.2) is 33.9 Å². The maximum absolute atomic E-state index is 5.29. The van der Waals surface area contributed by atoms with Gasteiger partial charge < -0.3 is 14.8 Å². The van der Waals surface area contributed by atoms with Crippen molar-refractivity contribution in [3.8, 4) is 5.75 Å². The molecule has 0 radical (unpaired) electrons. The van der Waals surface area contributed by atoms with Crippen molar-refractivity contribution in [3.63, 3.8) is 0 Å². The van der Waals surface area contributed by atoms with Crippen LogP contribution in [0.3, 0.4) is 0 Å². The molecule has 1 atom stereocenters. The molecule has 0 aliphatic carbocycles. The zero-order valence-electron chi connectivity index (χ0n) is 13.8. The van der Waals surface area contributed by atoms with Gasteiger partial charge >= 0.3 is 0 Å². The summed E-state index contributed by atoms with van der Waals surface area (Å²) in [5.41, 5.74) is 1.59. The average molecular weight is 358 g/mol. The van der Waals surface area contributed by atoms with Gasteiger partial charge in [0.25, 0.3) is 0 Å². The third kappa shape index (κ3) is 6.37. The number of ether oxygens (including phenoxy) is 2. The van der Waals surface area contributed by atoms with E-state index in [1.165, 1.54) is 5.56 Å². The fourth-order valence-electron chi connectivity index (χ4n) is 2.26. The Balaban J connectivity index is 2.70. The summed E-state index contributed by atoms with van der Waals surface area (Å²) in [6.45, 7) is 9.55. The van der Waals surface area contributed by atoms with Crippen LogP contribution in [0, 0.1) is 11.3 Å². The highest BCUT2D eigenvalue weighted by atomic mass is 79.9. The average Bonchev–Trinajstić information content (AvgIpc) is 2.41. The first-order valence-electron chi connectivity index (χ1n) is 7.40. The van der Waals surface area contributed by atoms with Gasteiger partial charge in [-0.1, -0.05) is 26.8 Å². The van der Waals surface area contributed by atoms with E-state index in [-0.39, 0.29) is 5.41 Å². The fraction of sp³-hybridized carbons (Fsp3) is 0.647. The Morgan fingerprint density at radius 1 is 1.24 bits per heavy atom. The highest BCUT2D eigenvalue weighted by Gasteiger charge is 2.24. The Hall–Kier alpha value is -0.580. The summed E-state index contributed by atoms with van der Waals surface area (Å²) >= 11 is 3.56. The van der Waals surface area contributed by atoms with Crippen LogP contribution < -0.4 is 10.1 Å². The van der Waals surface area contributed by atoms with Crippen LogP contribution >= 0.6 is 15.9 Å². The number of methoxy groups -OCH3 is 2. The molecule has 0 aromatic heterocycles. The van der Waals surface area contributed by atoms with E-state index in [0.29, 0.717) is 5.92 Å². The van der Waals surface area contributed by atoms with Gasteiger partial charge in [-0.05, 0) is 57.9 Å². The molecule has 21 heavy (non-hydrogen) atoms. The molecule has 0 aliphatic rings. The van der Waals surface area contributed by atoms with Crippen LogP contribution in [0.5, 0.6) is 5.75 Å². The van der Waals surface area contributed by atoms with Crippen LogP contribution in [0.2, 0.25) is 0 Å². The molecule has 0 aliphatic heterocycles. The van der Waals surface area contributed by atoms with Crippen molar-refractivity contribution >= 4 is 15.9 Å². The number of hydrogen-bond acceptors (Lipinski definition) is 3. The zero-order valence-corrected chi connectivity index (χ0v) is 15.4. The highest BCUT2D eigenvalue weighted by molar-refractivity contribution is 9.10. The molecular weight excluding hydrogens is 330 g/mol. The van der Waals surface area contributed by atoms with Crippen LogP contribution in [0.1, 0.15) is 26.3 Å². The lowest BCUT2D eigenvalue weighted by Gasteiger charge is -2.31. The van der Waals surface area contributed by atoms with Crippen LogP contribution in [0.4, 0.5) is 0 Å². The molecule has 1 aromatic rings. The summed E-state index contributed by atoms with van der Waals surface area (Å²) in [5, 5.41) is 3.49. The molecular formula is C17H28BrNO2. The normalized spacial score (nSPS) is 13.2. The molecule has 0 heterocycles.